The summed E-state index contributed by atoms with van der Waals surface area (Å²) in [6.45, 7) is -0.156. The van der Waals surface area contributed by atoms with Crippen LogP contribution in [0.2, 0.25) is 0 Å². The zero-order valence-corrected chi connectivity index (χ0v) is 10.1. The minimum Gasteiger partial charge on any atom is -0.467 e. The van der Waals surface area contributed by atoms with Gasteiger partial charge in [0.1, 0.15) is 11.9 Å². The molecule has 1 rings (SSSR count). The van der Waals surface area contributed by atoms with E-state index in [0.29, 0.717) is 18.6 Å². The molecule has 0 amide bonds. The summed E-state index contributed by atoms with van der Waals surface area (Å²) in [4.78, 5) is 0. The van der Waals surface area contributed by atoms with Crippen molar-refractivity contribution in [2.24, 2.45) is 0 Å². The average Bonchev–Trinajstić information content (AvgIpc) is 2.86. The monoisotopic (exact) mass is 242 g/mol. The first-order chi connectivity index (χ1) is 8.24. The summed E-state index contributed by atoms with van der Waals surface area (Å²) in [5, 5.41) is 27.5. The van der Waals surface area contributed by atoms with Crippen molar-refractivity contribution in [2.75, 3.05) is 6.61 Å². The number of aliphatic hydroxyl groups excluding tert-OH is 3. The molecular weight excluding hydrogens is 220 g/mol. The zero-order valence-electron chi connectivity index (χ0n) is 10.1. The molecule has 0 bridgehead atoms. The highest BCUT2D eigenvalue weighted by molar-refractivity contribution is 5.01. The Hall–Kier alpha value is -0.840. The molecule has 0 aliphatic rings. The number of aliphatic hydroxyl groups is 3. The van der Waals surface area contributed by atoms with Crippen LogP contribution in [0.5, 0.6) is 0 Å². The third kappa shape index (κ3) is 5.86. The molecule has 0 saturated heterocycles. The van der Waals surface area contributed by atoms with Crippen LogP contribution in [0.15, 0.2) is 22.8 Å². The van der Waals surface area contributed by atoms with E-state index in [0.717, 1.165) is 25.7 Å². The predicted octanol–water partition coefficient (Wildman–Crippen LogP) is 2.01. The smallest absolute Gasteiger partial charge is 0.132 e. The van der Waals surface area contributed by atoms with Crippen LogP contribution in [-0.2, 0) is 0 Å². The van der Waals surface area contributed by atoms with E-state index in [4.69, 9.17) is 14.6 Å². The molecule has 3 N–H and O–H groups in total. The lowest BCUT2D eigenvalue weighted by Gasteiger charge is -2.08. The van der Waals surface area contributed by atoms with Crippen LogP contribution in [0.25, 0.3) is 0 Å². The van der Waals surface area contributed by atoms with Crippen molar-refractivity contribution in [3.05, 3.63) is 24.2 Å². The number of hydrogen-bond acceptors (Lipinski definition) is 4. The summed E-state index contributed by atoms with van der Waals surface area (Å²) in [6, 6.07) is 3.55. The minimum atomic E-state index is -0.580. The van der Waals surface area contributed by atoms with Crippen LogP contribution in [0.4, 0.5) is 0 Å². The number of rotatable bonds is 9. The van der Waals surface area contributed by atoms with Crippen molar-refractivity contribution in [1.29, 1.82) is 0 Å². The van der Waals surface area contributed by atoms with Crippen LogP contribution >= 0.6 is 0 Å². The fourth-order valence-electron chi connectivity index (χ4n) is 1.79. The Morgan fingerprint density at radius 3 is 2.35 bits per heavy atom. The molecule has 4 nitrogen and oxygen atoms in total. The number of unbranched alkanes of at least 4 members (excludes halogenated alkanes) is 3. The predicted molar refractivity (Wildman–Crippen MR) is 64.5 cm³/mol. The van der Waals surface area contributed by atoms with Crippen LogP contribution in [0.1, 0.15) is 50.4 Å². The molecule has 0 fully saturated rings. The molecule has 0 radical (unpaired) electrons. The quantitative estimate of drug-likeness (QED) is 0.579. The van der Waals surface area contributed by atoms with E-state index in [1.54, 1.807) is 18.4 Å². The van der Waals surface area contributed by atoms with Gasteiger partial charge in [0.25, 0.3) is 0 Å². The summed E-state index contributed by atoms with van der Waals surface area (Å²) in [6.07, 6.45) is 5.73. The van der Waals surface area contributed by atoms with E-state index in [9.17, 15) is 5.11 Å². The van der Waals surface area contributed by atoms with Crippen molar-refractivity contribution in [3.8, 4) is 0 Å². The molecule has 0 aromatic carbocycles. The third-order valence-corrected chi connectivity index (χ3v) is 2.85. The van der Waals surface area contributed by atoms with Crippen molar-refractivity contribution < 1.29 is 19.7 Å². The second-order valence-corrected chi connectivity index (χ2v) is 4.36. The van der Waals surface area contributed by atoms with Gasteiger partial charge in [-0.05, 0) is 25.0 Å². The van der Waals surface area contributed by atoms with Crippen LogP contribution < -0.4 is 0 Å². The molecular formula is C13H22O4. The Bertz CT molecular complexity index is 271. The summed E-state index contributed by atoms with van der Waals surface area (Å²) in [5.41, 5.74) is 0. The molecule has 0 saturated carbocycles. The fourth-order valence-corrected chi connectivity index (χ4v) is 1.79. The van der Waals surface area contributed by atoms with E-state index in [2.05, 4.69) is 0 Å². The normalized spacial score (nSPS) is 14.8. The SMILES string of the molecule is OCC(O)CCCCCCC(O)c1ccco1. The summed E-state index contributed by atoms with van der Waals surface area (Å²) >= 11 is 0. The zero-order chi connectivity index (χ0) is 12.5. The third-order valence-electron chi connectivity index (χ3n) is 2.85. The molecule has 17 heavy (non-hydrogen) atoms. The molecule has 0 aliphatic carbocycles. The highest BCUT2D eigenvalue weighted by Crippen LogP contribution is 2.20. The van der Waals surface area contributed by atoms with Gasteiger partial charge >= 0.3 is 0 Å². The Balaban J connectivity index is 1.97. The average molecular weight is 242 g/mol. The van der Waals surface area contributed by atoms with Crippen molar-refractivity contribution in [2.45, 2.75) is 50.7 Å². The molecule has 1 heterocycles. The molecule has 2 unspecified atom stereocenters. The van der Waals surface area contributed by atoms with E-state index >= 15 is 0 Å². The van der Waals surface area contributed by atoms with Gasteiger partial charge in [-0.1, -0.05) is 25.7 Å². The fraction of sp³-hybridized carbons (Fsp3) is 0.692. The van der Waals surface area contributed by atoms with Gasteiger partial charge in [0.15, 0.2) is 0 Å². The largest absolute Gasteiger partial charge is 0.467 e. The lowest BCUT2D eigenvalue weighted by molar-refractivity contribution is 0.0857. The summed E-state index contributed by atoms with van der Waals surface area (Å²) < 4.78 is 5.11. The minimum absolute atomic E-state index is 0.156. The van der Waals surface area contributed by atoms with Gasteiger partial charge < -0.3 is 19.7 Å². The Morgan fingerprint density at radius 1 is 1.06 bits per heavy atom. The molecule has 4 heteroatoms. The molecule has 98 valence electrons. The van der Waals surface area contributed by atoms with E-state index in [1.807, 2.05) is 0 Å². The van der Waals surface area contributed by atoms with Crippen molar-refractivity contribution in [1.82, 2.24) is 0 Å². The van der Waals surface area contributed by atoms with Crippen LogP contribution in [-0.4, -0.2) is 28.0 Å². The highest BCUT2D eigenvalue weighted by atomic mass is 16.4. The first-order valence-electron chi connectivity index (χ1n) is 6.24. The van der Waals surface area contributed by atoms with Gasteiger partial charge in [-0.3, -0.25) is 0 Å². The first-order valence-corrected chi connectivity index (χ1v) is 6.24. The standard InChI is InChI=1S/C13H22O4/c14-10-11(15)6-3-1-2-4-7-12(16)13-8-5-9-17-13/h5,8-9,11-12,14-16H,1-4,6-7,10H2. The number of furan rings is 1. The van der Waals surface area contributed by atoms with Gasteiger partial charge in [-0.15, -0.1) is 0 Å². The molecule has 1 aromatic rings. The highest BCUT2D eigenvalue weighted by Gasteiger charge is 2.09. The lowest BCUT2D eigenvalue weighted by atomic mass is 10.1. The summed E-state index contributed by atoms with van der Waals surface area (Å²) in [5.74, 6) is 0.626. The molecule has 2 atom stereocenters. The molecule has 0 spiro atoms. The van der Waals surface area contributed by atoms with Gasteiger partial charge in [-0.25, -0.2) is 0 Å². The van der Waals surface area contributed by atoms with Gasteiger partial charge in [0.05, 0.1) is 19.0 Å². The van der Waals surface area contributed by atoms with Crippen LogP contribution in [0, 0.1) is 0 Å². The van der Waals surface area contributed by atoms with Crippen molar-refractivity contribution >= 4 is 0 Å². The maximum absolute atomic E-state index is 9.73. The van der Waals surface area contributed by atoms with Gasteiger partial charge in [0, 0.05) is 0 Å². The first kappa shape index (κ1) is 14.2. The van der Waals surface area contributed by atoms with Crippen molar-refractivity contribution in [3.63, 3.8) is 0 Å². The Morgan fingerprint density at radius 2 is 1.76 bits per heavy atom. The maximum atomic E-state index is 9.73. The second kappa shape index (κ2) is 8.28. The lowest BCUT2D eigenvalue weighted by Crippen LogP contribution is -2.11. The Kier molecular flexibility index (Phi) is 6.93. The Labute approximate surface area is 102 Å². The van der Waals surface area contributed by atoms with E-state index in [-0.39, 0.29) is 6.61 Å². The number of hydrogen-bond donors (Lipinski definition) is 3. The van der Waals surface area contributed by atoms with E-state index < -0.39 is 12.2 Å². The summed E-state index contributed by atoms with van der Waals surface area (Å²) in [7, 11) is 0. The topological polar surface area (TPSA) is 73.8 Å². The molecule has 0 aliphatic heterocycles. The molecule has 1 aromatic heterocycles. The van der Waals surface area contributed by atoms with E-state index in [1.165, 1.54) is 0 Å². The maximum Gasteiger partial charge on any atom is 0.132 e. The van der Waals surface area contributed by atoms with Gasteiger partial charge in [0.2, 0.25) is 0 Å². The van der Waals surface area contributed by atoms with Crippen LogP contribution in [0.3, 0.4) is 0 Å². The second-order valence-electron chi connectivity index (χ2n) is 4.36. The van der Waals surface area contributed by atoms with Gasteiger partial charge in [-0.2, -0.15) is 0 Å².